The number of ether oxygens (including phenoxy) is 2. The maximum Gasteiger partial charge on any atom is 0.338 e. The fraction of sp³-hybridized carbons (Fsp3) is 0.593. The SMILES string of the molecule is C/C1=C\[C@H](OC(=O)c2ccccc2)[C@@]2(CO)CC=C(C(C)(C)O)[C@@H]2[C@H](O)C[C@]2(C)O[C@H]2CC1. The second kappa shape index (κ2) is 8.66. The standard InChI is InChI=1S/C27H36O6/c1-17-10-11-21-26(4,33-21)15-20(29)23-19(25(2,3)31)12-13-27(23,16-28)22(14-17)32-24(30)18-8-6-5-7-9-18/h5-9,12,14,20-23,28-29,31H,10-11,13,15-16H2,1-4H3/b17-14+/t20-,21+,22+,23-,26+,27+/m1/s1. The third kappa shape index (κ3) is 4.54. The molecule has 0 amide bonds. The van der Waals surface area contributed by atoms with Crippen molar-refractivity contribution in [3.05, 3.63) is 59.2 Å². The number of allylic oxidation sites excluding steroid dienone is 2. The number of fused-ring (bicyclic) bond motifs is 2. The maximum atomic E-state index is 13.1. The van der Waals surface area contributed by atoms with Gasteiger partial charge in [-0.3, -0.25) is 0 Å². The van der Waals surface area contributed by atoms with Gasteiger partial charge in [-0.1, -0.05) is 29.8 Å². The lowest BCUT2D eigenvalue weighted by atomic mass is 9.65. The maximum absolute atomic E-state index is 13.1. The van der Waals surface area contributed by atoms with E-state index >= 15 is 0 Å². The minimum Gasteiger partial charge on any atom is -0.454 e. The Bertz CT molecular complexity index is 945. The van der Waals surface area contributed by atoms with Crippen molar-refractivity contribution in [2.24, 2.45) is 11.3 Å². The van der Waals surface area contributed by atoms with Crippen molar-refractivity contribution in [2.75, 3.05) is 6.61 Å². The number of carbonyl (C=O) groups excluding carboxylic acids is 1. The van der Waals surface area contributed by atoms with Crippen LogP contribution in [0.5, 0.6) is 0 Å². The van der Waals surface area contributed by atoms with E-state index in [2.05, 4.69) is 0 Å². The van der Waals surface area contributed by atoms with E-state index in [-0.39, 0.29) is 12.7 Å². The Morgan fingerprint density at radius 1 is 1.27 bits per heavy atom. The number of benzene rings is 1. The quantitative estimate of drug-likeness (QED) is 0.364. The highest BCUT2D eigenvalue weighted by atomic mass is 16.6. The molecule has 0 bridgehead atoms. The van der Waals surface area contributed by atoms with Crippen molar-refractivity contribution in [2.45, 2.75) is 82.9 Å². The fourth-order valence-electron chi connectivity index (χ4n) is 5.77. The third-order valence-corrected chi connectivity index (χ3v) is 7.74. The molecule has 6 heteroatoms. The van der Waals surface area contributed by atoms with Crippen LogP contribution in [0.3, 0.4) is 0 Å². The highest BCUT2D eigenvalue weighted by molar-refractivity contribution is 5.89. The van der Waals surface area contributed by atoms with E-state index in [0.29, 0.717) is 24.0 Å². The first kappa shape index (κ1) is 24.1. The van der Waals surface area contributed by atoms with Crippen molar-refractivity contribution in [1.82, 2.24) is 0 Å². The second-order valence-electron chi connectivity index (χ2n) is 10.7. The van der Waals surface area contributed by atoms with Gasteiger partial charge in [0.05, 0.1) is 35.6 Å². The van der Waals surface area contributed by atoms with Crippen LogP contribution < -0.4 is 0 Å². The van der Waals surface area contributed by atoms with E-state index in [1.807, 2.05) is 32.1 Å². The molecular weight excluding hydrogens is 420 g/mol. The Morgan fingerprint density at radius 3 is 2.61 bits per heavy atom. The lowest BCUT2D eigenvalue weighted by Gasteiger charge is -2.44. The van der Waals surface area contributed by atoms with E-state index < -0.39 is 40.7 Å². The summed E-state index contributed by atoms with van der Waals surface area (Å²) in [7, 11) is 0. The zero-order valence-corrected chi connectivity index (χ0v) is 20.0. The average molecular weight is 457 g/mol. The summed E-state index contributed by atoms with van der Waals surface area (Å²) < 4.78 is 12.0. The minimum absolute atomic E-state index is 0.0541. The molecule has 3 aliphatic rings. The molecule has 0 saturated carbocycles. The topological polar surface area (TPSA) is 99.5 Å². The van der Waals surface area contributed by atoms with Crippen LogP contribution in [-0.2, 0) is 9.47 Å². The number of epoxide rings is 1. The summed E-state index contributed by atoms with van der Waals surface area (Å²) in [5.41, 5.74) is -0.492. The van der Waals surface area contributed by atoms with E-state index in [1.165, 1.54) is 0 Å². The number of hydrogen-bond donors (Lipinski definition) is 3. The van der Waals surface area contributed by atoms with Gasteiger partial charge < -0.3 is 24.8 Å². The van der Waals surface area contributed by atoms with Gasteiger partial charge in [0.2, 0.25) is 0 Å². The van der Waals surface area contributed by atoms with Crippen molar-refractivity contribution in [1.29, 1.82) is 0 Å². The van der Waals surface area contributed by atoms with Crippen LogP contribution in [0.2, 0.25) is 0 Å². The summed E-state index contributed by atoms with van der Waals surface area (Å²) in [5, 5.41) is 33.3. The summed E-state index contributed by atoms with van der Waals surface area (Å²) >= 11 is 0. The molecule has 1 aromatic rings. The summed E-state index contributed by atoms with van der Waals surface area (Å²) in [6, 6.07) is 8.78. The molecule has 1 aromatic carbocycles. The van der Waals surface area contributed by atoms with Crippen molar-refractivity contribution in [3.8, 4) is 0 Å². The Hall–Kier alpha value is -1.99. The van der Waals surface area contributed by atoms with Gasteiger partial charge in [0.1, 0.15) is 6.10 Å². The highest BCUT2D eigenvalue weighted by Gasteiger charge is 2.59. The summed E-state index contributed by atoms with van der Waals surface area (Å²) in [5.74, 6) is -1.07. The van der Waals surface area contributed by atoms with Gasteiger partial charge in [0, 0.05) is 17.8 Å². The monoisotopic (exact) mass is 456 g/mol. The van der Waals surface area contributed by atoms with Crippen LogP contribution in [0.4, 0.5) is 0 Å². The van der Waals surface area contributed by atoms with Gasteiger partial charge in [0.15, 0.2) is 0 Å². The van der Waals surface area contributed by atoms with Crippen LogP contribution in [-0.4, -0.2) is 57.4 Å². The Balaban J connectivity index is 1.78. The van der Waals surface area contributed by atoms with Gasteiger partial charge in [0.25, 0.3) is 0 Å². The van der Waals surface area contributed by atoms with Gasteiger partial charge in [-0.05, 0) is 70.7 Å². The number of carbonyl (C=O) groups is 1. The molecule has 180 valence electrons. The van der Waals surface area contributed by atoms with E-state index in [9.17, 15) is 20.1 Å². The van der Waals surface area contributed by atoms with Crippen molar-refractivity contribution >= 4 is 5.97 Å². The highest BCUT2D eigenvalue weighted by Crippen LogP contribution is 2.55. The van der Waals surface area contributed by atoms with E-state index in [1.54, 1.807) is 38.1 Å². The molecule has 0 unspecified atom stereocenters. The Labute approximate surface area is 195 Å². The zero-order chi connectivity index (χ0) is 24.0. The van der Waals surface area contributed by atoms with E-state index in [4.69, 9.17) is 9.47 Å². The molecule has 6 nitrogen and oxygen atoms in total. The minimum atomic E-state index is -1.19. The molecular formula is C27H36O6. The van der Waals surface area contributed by atoms with Crippen LogP contribution in [0.1, 0.15) is 63.7 Å². The molecule has 1 heterocycles. The van der Waals surface area contributed by atoms with Crippen LogP contribution in [0.25, 0.3) is 0 Å². The van der Waals surface area contributed by atoms with E-state index in [0.717, 1.165) is 18.4 Å². The summed E-state index contributed by atoms with van der Waals surface area (Å²) in [6.45, 7) is 7.08. The smallest absolute Gasteiger partial charge is 0.338 e. The molecule has 1 aliphatic heterocycles. The summed E-state index contributed by atoms with van der Waals surface area (Å²) in [6.07, 6.45) is 4.57. The molecule has 1 saturated heterocycles. The van der Waals surface area contributed by atoms with Crippen LogP contribution in [0.15, 0.2) is 53.6 Å². The average Bonchev–Trinajstić information content (AvgIpc) is 3.21. The molecule has 4 rings (SSSR count). The Kier molecular flexibility index (Phi) is 6.33. The molecule has 0 radical (unpaired) electrons. The zero-order valence-electron chi connectivity index (χ0n) is 20.0. The Morgan fingerprint density at radius 2 is 1.97 bits per heavy atom. The molecule has 0 spiro atoms. The lowest BCUT2D eigenvalue weighted by Crippen LogP contribution is -2.51. The lowest BCUT2D eigenvalue weighted by molar-refractivity contribution is -0.0784. The predicted molar refractivity (Wildman–Crippen MR) is 125 cm³/mol. The fourth-order valence-corrected chi connectivity index (χ4v) is 5.77. The first-order valence-corrected chi connectivity index (χ1v) is 11.8. The number of hydrogen-bond acceptors (Lipinski definition) is 6. The second-order valence-corrected chi connectivity index (χ2v) is 10.7. The summed E-state index contributed by atoms with van der Waals surface area (Å²) in [4.78, 5) is 13.1. The number of rotatable bonds is 4. The van der Waals surface area contributed by atoms with Gasteiger partial charge in [-0.15, -0.1) is 0 Å². The van der Waals surface area contributed by atoms with Gasteiger partial charge in [-0.25, -0.2) is 4.79 Å². The van der Waals surface area contributed by atoms with Crippen molar-refractivity contribution in [3.63, 3.8) is 0 Å². The third-order valence-electron chi connectivity index (χ3n) is 7.74. The van der Waals surface area contributed by atoms with Crippen molar-refractivity contribution < 1.29 is 29.6 Å². The first-order valence-electron chi connectivity index (χ1n) is 11.8. The predicted octanol–water partition coefficient (Wildman–Crippen LogP) is 3.56. The number of esters is 1. The largest absolute Gasteiger partial charge is 0.454 e. The number of aliphatic hydroxyl groups excluding tert-OH is 2. The molecule has 1 fully saturated rings. The van der Waals surface area contributed by atoms with Crippen LogP contribution >= 0.6 is 0 Å². The first-order chi connectivity index (χ1) is 15.5. The van der Waals surface area contributed by atoms with Crippen LogP contribution in [0, 0.1) is 11.3 Å². The molecule has 0 aromatic heterocycles. The molecule has 2 aliphatic carbocycles. The molecule has 33 heavy (non-hydrogen) atoms. The molecule has 3 N–H and O–H groups in total. The van der Waals surface area contributed by atoms with Gasteiger partial charge >= 0.3 is 5.97 Å². The normalized spacial score (nSPS) is 38.2. The molecule has 6 atom stereocenters. The van der Waals surface area contributed by atoms with Gasteiger partial charge in [-0.2, -0.15) is 0 Å². The number of aliphatic hydroxyl groups is 3.